The van der Waals surface area contributed by atoms with Gasteiger partial charge in [0.05, 0.1) is 5.56 Å². The molecule has 1 amide bonds. The van der Waals surface area contributed by atoms with Crippen LogP contribution in [0.4, 0.5) is 0 Å². The van der Waals surface area contributed by atoms with Crippen molar-refractivity contribution in [1.82, 2.24) is 14.8 Å². The van der Waals surface area contributed by atoms with Crippen LogP contribution >= 0.6 is 11.6 Å². The van der Waals surface area contributed by atoms with E-state index in [1.54, 1.807) is 6.07 Å². The van der Waals surface area contributed by atoms with Crippen molar-refractivity contribution in [2.45, 2.75) is 38.8 Å². The lowest BCUT2D eigenvalue weighted by Crippen LogP contribution is -2.64. The second kappa shape index (κ2) is 7.37. The predicted molar refractivity (Wildman–Crippen MR) is 111 cm³/mol. The van der Waals surface area contributed by atoms with Crippen LogP contribution in [0.2, 0.25) is 5.02 Å². The number of hydrogen-bond donors (Lipinski definition) is 1. The van der Waals surface area contributed by atoms with Crippen molar-refractivity contribution in [3.05, 3.63) is 69.1 Å². The van der Waals surface area contributed by atoms with E-state index in [1.807, 2.05) is 17.0 Å². The largest absolute Gasteiger partial charge is 0.339 e. The van der Waals surface area contributed by atoms with Gasteiger partial charge in [-0.05, 0) is 50.5 Å². The molecule has 0 saturated carbocycles. The van der Waals surface area contributed by atoms with Crippen LogP contribution in [-0.4, -0.2) is 46.4 Å². The van der Waals surface area contributed by atoms with Gasteiger partial charge in [0.2, 0.25) is 5.56 Å². The van der Waals surface area contributed by atoms with Crippen molar-refractivity contribution in [2.75, 3.05) is 19.6 Å². The first-order valence-corrected chi connectivity index (χ1v) is 10.3. The molecule has 148 valence electrons. The van der Waals surface area contributed by atoms with Crippen molar-refractivity contribution < 1.29 is 4.79 Å². The molecule has 0 bridgehead atoms. The molecule has 5 nitrogen and oxygen atoms in total. The molecule has 2 fully saturated rings. The molecule has 2 aliphatic rings. The van der Waals surface area contributed by atoms with E-state index in [0.29, 0.717) is 17.6 Å². The first-order valence-electron chi connectivity index (χ1n) is 9.89. The third kappa shape index (κ3) is 3.38. The number of aromatic nitrogens is 1. The highest BCUT2D eigenvalue weighted by Gasteiger charge is 2.54. The van der Waals surface area contributed by atoms with Crippen LogP contribution < -0.4 is 5.56 Å². The number of nitrogens with one attached hydrogen (secondary N) is 1. The molecule has 0 radical (unpaired) electrons. The molecule has 1 spiro atoms. The van der Waals surface area contributed by atoms with E-state index in [1.165, 1.54) is 17.8 Å². The minimum Gasteiger partial charge on any atom is -0.339 e. The van der Waals surface area contributed by atoms with Crippen molar-refractivity contribution in [3.63, 3.8) is 0 Å². The maximum absolute atomic E-state index is 12.8. The summed E-state index contributed by atoms with van der Waals surface area (Å²) < 4.78 is 0. The highest BCUT2D eigenvalue weighted by molar-refractivity contribution is 6.30. The SMILES string of the molecule is CC(C)N1CC2(CCN(C(=O)c3ccc(=O)[nH]c3)CC2)C1c1ccc(Cl)cc1. The van der Waals surface area contributed by atoms with Gasteiger partial charge in [-0.1, -0.05) is 23.7 Å². The Morgan fingerprint density at radius 3 is 2.39 bits per heavy atom. The summed E-state index contributed by atoms with van der Waals surface area (Å²) in [6.07, 6.45) is 3.48. The zero-order valence-electron chi connectivity index (χ0n) is 16.3. The number of pyridine rings is 1. The van der Waals surface area contributed by atoms with E-state index in [0.717, 1.165) is 37.5 Å². The van der Waals surface area contributed by atoms with Crippen LogP contribution in [-0.2, 0) is 0 Å². The third-order valence-electron chi connectivity index (χ3n) is 6.34. The minimum absolute atomic E-state index is 0.00539. The van der Waals surface area contributed by atoms with Crippen LogP contribution in [0.5, 0.6) is 0 Å². The Hall–Kier alpha value is -2.11. The number of halogens is 1. The minimum atomic E-state index is -0.191. The Bertz CT molecular complexity index is 894. The second-order valence-corrected chi connectivity index (χ2v) is 8.75. The number of aromatic amines is 1. The van der Waals surface area contributed by atoms with Crippen LogP contribution in [0.25, 0.3) is 0 Å². The molecule has 3 heterocycles. The average molecular weight is 400 g/mol. The maximum Gasteiger partial charge on any atom is 0.255 e. The highest BCUT2D eigenvalue weighted by atomic mass is 35.5. The summed E-state index contributed by atoms with van der Waals surface area (Å²) in [5.41, 5.74) is 1.87. The Kier molecular flexibility index (Phi) is 5.06. The van der Waals surface area contributed by atoms with Crippen LogP contribution in [0.1, 0.15) is 48.7 Å². The van der Waals surface area contributed by atoms with Gasteiger partial charge in [-0.3, -0.25) is 14.5 Å². The van der Waals surface area contributed by atoms with Gasteiger partial charge in [0, 0.05) is 54.4 Å². The lowest BCUT2D eigenvalue weighted by atomic mass is 9.62. The summed E-state index contributed by atoms with van der Waals surface area (Å²) in [6.45, 7) is 7.04. The zero-order valence-corrected chi connectivity index (χ0v) is 17.1. The molecule has 1 atom stereocenters. The van der Waals surface area contributed by atoms with Crippen molar-refractivity contribution >= 4 is 17.5 Å². The predicted octanol–water partition coefficient (Wildman–Crippen LogP) is 3.72. The number of nitrogens with zero attached hydrogens (tertiary/aromatic N) is 2. The summed E-state index contributed by atoms with van der Waals surface area (Å²) in [7, 11) is 0. The molecule has 1 unspecified atom stereocenters. The lowest BCUT2D eigenvalue weighted by molar-refractivity contribution is -0.124. The molecule has 1 N–H and O–H groups in total. The molecule has 4 rings (SSSR count). The summed E-state index contributed by atoms with van der Waals surface area (Å²) in [4.78, 5) is 31.1. The van der Waals surface area contributed by atoms with E-state index in [-0.39, 0.29) is 16.9 Å². The van der Waals surface area contributed by atoms with Crippen molar-refractivity contribution in [2.24, 2.45) is 5.41 Å². The summed E-state index contributed by atoms with van der Waals surface area (Å²) in [5, 5.41) is 0.759. The second-order valence-electron chi connectivity index (χ2n) is 8.32. The Morgan fingerprint density at radius 2 is 1.82 bits per heavy atom. The number of rotatable bonds is 3. The Labute approximate surface area is 170 Å². The topological polar surface area (TPSA) is 56.4 Å². The average Bonchev–Trinajstić information content (AvgIpc) is 2.68. The standard InChI is InChI=1S/C22H26ClN3O2/c1-15(2)26-14-22(20(26)16-3-6-18(23)7-4-16)9-11-25(12-10-22)21(28)17-5-8-19(27)24-13-17/h3-8,13,15,20H,9-12,14H2,1-2H3,(H,24,27). The number of piperidine rings is 1. The molecule has 2 aliphatic heterocycles. The number of carbonyl (C=O) groups excluding carboxylic acids is 1. The van der Waals surface area contributed by atoms with Gasteiger partial charge in [0.15, 0.2) is 0 Å². The van der Waals surface area contributed by atoms with Gasteiger partial charge in [0.25, 0.3) is 5.91 Å². The Balaban J connectivity index is 1.50. The van der Waals surface area contributed by atoms with Gasteiger partial charge in [-0.25, -0.2) is 0 Å². The fourth-order valence-electron chi connectivity index (χ4n) is 4.76. The molecule has 2 saturated heterocycles. The molecule has 6 heteroatoms. The van der Waals surface area contributed by atoms with Gasteiger partial charge < -0.3 is 9.88 Å². The van der Waals surface area contributed by atoms with Gasteiger partial charge >= 0.3 is 0 Å². The lowest BCUT2D eigenvalue weighted by Gasteiger charge is -2.62. The highest BCUT2D eigenvalue weighted by Crippen LogP contribution is 2.55. The van der Waals surface area contributed by atoms with E-state index >= 15 is 0 Å². The normalized spacial score (nSPS) is 21.7. The van der Waals surface area contributed by atoms with Gasteiger partial charge in [-0.15, -0.1) is 0 Å². The monoisotopic (exact) mass is 399 g/mol. The van der Waals surface area contributed by atoms with E-state index < -0.39 is 0 Å². The Morgan fingerprint density at radius 1 is 1.14 bits per heavy atom. The van der Waals surface area contributed by atoms with E-state index in [2.05, 4.69) is 35.9 Å². The van der Waals surface area contributed by atoms with Crippen molar-refractivity contribution in [3.8, 4) is 0 Å². The fraction of sp³-hybridized carbons (Fsp3) is 0.455. The van der Waals surface area contributed by atoms with Gasteiger partial charge in [-0.2, -0.15) is 0 Å². The van der Waals surface area contributed by atoms with E-state index in [9.17, 15) is 9.59 Å². The number of H-pyrrole nitrogens is 1. The quantitative estimate of drug-likeness (QED) is 0.855. The number of likely N-dealkylation sites (tertiary alicyclic amines) is 2. The maximum atomic E-state index is 12.8. The van der Waals surface area contributed by atoms with Crippen LogP contribution in [0.3, 0.4) is 0 Å². The third-order valence-corrected chi connectivity index (χ3v) is 6.59. The molecule has 2 aromatic rings. The number of carbonyl (C=O) groups is 1. The molecular weight excluding hydrogens is 374 g/mol. The van der Waals surface area contributed by atoms with Crippen LogP contribution in [0.15, 0.2) is 47.4 Å². The molecule has 1 aromatic carbocycles. The molecule has 1 aromatic heterocycles. The summed E-state index contributed by atoms with van der Waals surface area (Å²) >= 11 is 6.10. The zero-order chi connectivity index (χ0) is 19.9. The fourth-order valence-corrected chi connectivity index (χ4v) is 4.89. The smallest absolute Gasteiger partial charge is 0.255 e. The van der Waals surface area contributed by atoms with Gasteiger partial charge in [0.1, 0.15) is 0 Å². The first kappa shape index (κ1) is 19.2. The van der Waals surface area contributed by atoms with E-state index in [4.69, 9.17) is 11.6 Å². The number of hydrogen-bond acceptors (Lipinski definition) is 3. The molecule has 28 heavy (non-hydrogen) atoms. The summed E-state index contributed by atoms with van der Waals surface area (Å²) in [5.74, 6) is -0.00539. The first-order chi connectivity index (χ1) is 13.4. The molecular formula is C22H26ClN3O2. The van der Waals surface area contributed by atoms with Crippen LogP contribution in [0, 0.1) is 5.41 Å². The van der Waals surface area contributed by atoms with Crippen molar-refractivity contribution in [1.29, 1.82) is 0 Å². The number of benzene rings is 1. The summed E-state index contributed by atoms with van der Waals surface area (Å²) in [6, 6.07) is 12.1. The molecule has 0 aliphatic carbocycles. The number of amides is 1.